The molecule has 4 nitrogen and oxygen atoms in total. The van der Waals surface area contributed by atoms with Crippen molar-refractivity contribution in [2.45, 2.75) is 26.4 Å². The van der Waals surface area contributed by atoms with E-state index < -0.39 is 0 Å². The van der Waals surface area contributed by atoms with Crippen LogP contribution in [0.3, 0.4) is 0 Å². The molecule has 3 aromatic carbocycles. The average Bonchev–Trinajstić information content (AvgIpc) is 2.74. The molecular weight excluding hydrogens is 415 g/mol. The zero-order chi connectivity index (χ0) is 21.1. The Kier molecular flexibility index (Phi) is 7.21. The number of carbonyl (C=O) groups excluding carboxylic acids is 2. The van der Waals surface area contributed by atoms with E-state index in [1.54, 1.807) is 36.4 Å². The lowest BCUT2D eigenvalue weighted by Gasteiger charge is -2.28. The summed E-state index contributed by atoms with van der Waals surface area (Å²) in [6.45, 7) is 3.87. The third-order valence-electron chi connectivity index (χ3n) is 5.40. The molecule has 0 aromatic heterocycles. The molecule has 31 heavy (non-hydrogen) atoms. The number of fused-ring (bicyclic) bond motifs is 1. The van der Waals surface area contributed by atoms with Gasteiger partial charge in [-0.1, -0.05) is 18.2 Å². The van der Waals surface area contributed by atoms with Crippen molar-refractivity contribution in [3.05, 3.63) is 100 Å². The van der Waals surface area contributed by atoms with Crippen molar-refractivity contribution >= 4 is 29.8 Å². The van der Waals surface area contributed by atoms with Crippen molar-refractivity contribution in [3.63, 3.8) is 0 Å². The van der Waals surface area contributed by atoms with Crippen LogP contribution in [-0.2, 0) is 19.5 Å². The SMILES string of the molecule is CC(=O)c1ccc(NC(=O)c2cccc(CN3CCc4cc(F)ccc4C3)c2)cc1.Cl. The van der Waals surface area contributed by atoms with Gasteiger partial charge in [-0.25, -0.2) is 4.39 Å². The molecule has 0 spiro atoms. The third kappa shape index (κ3) is 5.57. The highest BCUT2D eigenvalue weighted by Gasteiger charge is 2.17. The number of benzene rings is 3. The number of rotatable bonds is 5. The van der Waals surface area contributed by atoms with E-state index in [1.807, 2.05) is 24.3 Å². The molecule has 0 unspecified atom stereocenters. The predicted molar refractivity (Wildman–Crippen MR) is 122 cm³/mol. The van der Waals surface area contributed by atoms with Crippen LogP contribution in [0.4, 0.5) is 10.1 Å². The van der Waals surface area contributed by atoms with E-state index in [2.05, 4.69) is 10.2 Å². The lowest BCUT2D eigenvalue weighted by atomic mass is 9.99. The number of halogens is 2. The number of Topliss-reactive ketones (excluding diaryl/α,β-unsaturated/α-hetero) is 1. The first-order chi connectivity index (χ1) is 14.5. The molecule has 0 saturated heterocycles. The van der Waals surface area contributed by atoms with Gasteiger partial charge in [-0.05, 0) is 78.6 Å². The van der Waals surface area contributed by atoms with Gasteiger partial charge in [-0.3, -0.25) is 14.5 Å². The lowest BCUT2D eigenvalue weighted by Crippen LogP contribution is -2.30. The summed E-state index contributed by atoms with van der Waals surface area (Å²) in [6, 6.07) is 19.4. The topological polar surface area (TPSA) is 49.4 Å². The number of anilines is 1. The molecule has 0 aliphatic carbocycles. The number of amides is 1. The minimum absolute atomic E-state index is 0. The van der Waals surface area contributed by atoms with Crippen LogP contribution >= 0.6 is 12.4 Å². The molecule has 1 N–H and O–H groups in total. The lowest BCUT2D eigenvalue weighted by molar-refractivity contribution is 0.101. The highest BCUT2D eigenvalue weighted by atomic mass is 35.5. The van der Waals surface area contributed by atoms with Crippen LogP contribution in [-0.4, -0.2) is 23.1 Å². The Hall–Kier alpha value is -3.02. The van der Waals surface area contributed by atoms with Crippen LogP contribution < -0.4 is 5.32 Å². The highest BCUT2D eigenvalue weighted by molar-refractivity contribution is 6.04. The van der Waals surface area contributed by atoms with Crippen LogP contribution in [0.2, 0.25) is 0 Å². The Labute approximate surface area is 187 Å². The first-order valence-corrected chi connectivity index (χ1v) is 9.99. The van der Waals surface area contributed by atoms with Crippen molar-refractivity contribution in [2.75, 3.05) is 11.9 Å². The number of hydrogen-bond donors (Lipinski definition) is 1. The molecule has 3 aromatic rings. The van der Waals surface area contributed by atoms with Gasteiger partial charge in [0.05, 0.1) is 0 Å². The summed E-state index contributed by atoms with van der Waals surface area (Å²) in [5.74, 6) is -0.380. The van der Waals surface area contributed by atoms with Gasteiger partial charge in [-0.15, -0.1) is 12.4 Å². The molecule has 0 atom stereocenters. The fourth-order valence-corrected chi connectivity index (χ4v) is 3.78. The Morgan fingerprint density at radius 3 is 2.48 bits per heavy atom. The van der Waals surface area contributed by atoms with Gasteiger partial charge in [0.1, 0.15) is 5.82 Å². The normalized spacial score (nSPS) is 13.1. The molecule has 1 aliphatic heterocycles. The Morgan fingerprint density at radius 1 is 0.968 bits per heavy atom. The summed E-state index contributed by atoms with van der Waals surface area (Å²) in [7, 11) is 0. The van der Waals surface area contributed by atoms with E-state index in [4.69, 9.17) is 0 Å². The number of nitrogens with zero attached hydrogens (tertiary/aromatic N) is 1. The van der Waals surface area contributed by atoms with Crippen LogP contribution in [0.15, 0.2) is 66.7 Å². The second-order valence-electron chi connectivity index (χ2n) is 7.66. The fourth-order valence-electron chi connectivity index (χ4n) is 3.78. The maximum Gasteiger partial charge on any atom is 0.255 e. The van der Waals surface area contributed by atoms with Crippen LogP contribution in [0.5, 0.6) is 0 Å². The van der Waals surface area contributed by atoms with Gasteiger partial charge < -0.3 is 5.32 Å². The van der Waals surface area contributed by atoms with Crippen LogP contribution in [0, 0.1) is 5.82 Å². The van der Waals surface area contributed by atoms with Gasteiger partial charge >= 0.3 is 0 Å². The molecule has 0 bridgehead atoms. The van der Waals surface area contributed by atoms with E-state index in [1.165, 1.54) is 13.0 Å². The molecule has 1 heterocycles. The molecular formula is C25H24ClFN2O2. The molecule has 6 heteroatoms. The molecule has 0 fully saturated rings. The quantitative estimate of drug-likeness (QED) is 0.553. The molecule has 1 amide bonds. The average molecular weight is 439 g/mol. The summed E-state index contributed by atoms with van der Waals surface area (Å²) < 4.78 is 13.4. The Bertz CT molecular complexity index is 1100. The maximum absolute atomic E-state index is 13.4. The highest BCUT2D eigenvalue weighted by Crippen LogP contribution is 2.22. The minimum Gasteiger partial charge on any atom is -0.322 e. The van der Waals surface area contributed by atoms with Crippen molar-refractivity contribution in [3.8, 4) is 0 Å². The first kappa shape index (κ1) is 22.7. The molecule has 0 radical (unpaired) electrons. The zero-order valence-corrected chi connectivity index (χ0v) is 18.0. The second-order valence-corrected chi connectivity index (χ2v) is 7.66. The number of ketones is 1. The number of nitrogens with one attached hydrogen (secondary N) is 1. The smallest absolute Gasteiger partial charge is 0.255 e. The van der Waals surface area contributed by atoms with Gasteiger partial charge in [-0.2, -0.15) is 0 Å². The summed E-state index contributed by atoms with van der Waals surface area (Å²) in [4.78, 5) is 26.3. The van der Waals surface area contributed by atoms with Crippen molar-refractivity contribution in [2.24, 2.45) is 0 Å². The van der Waals surface area contributed by atoms with Gasteiger partial charge in [0, 0.05) is 36.4 Å². The van der Waals surface area contributed by atoms with Gasteiger partial charge in [0.25, 0.3) is 5.91 Å². The van der Waals surface area contributed by atoms with Crippen molar-refractivity contribution in [1.82, 2.24) is 4.90 Å². The minimum atomic E-state index is -0.188. The van der Waals surface area contributed by atoms with E-state index in [9.17, 15) is 14.0 Å². The standard InChI is InChI=1S/C25H23FN2O2.ClH/c1-17(29)19-6-9-24(10-7-19)27-25(30)21-4-2-3-18(13-21)15-28-12-11-20-14-23(26)8-5-22(20)16-28;/h2-10,13-14H,11-12,15-16H2,1H3,(H,27,30);1H. The summed E-state index contributed by atoms with van der Waals surface area (Å²) in [5.41, 5.74) is 5.14. The maximum atomic E-state index is 13.4. The third-order valence-corrected chi connectivity index (χ3v) is 5.40. The second kappa shape index (κ2) is 9.86. The van der Waals surface area contributed by atoms with E-state index in [0.717, 1.165) is 42.7 Å². The Balaban J connectivity index is 0.00000272. The molecule has 1 aliphatic rings. The van der Waals surface area contributed by atoms with E-state index >= 15 is 0 Å². The zero-order valence-electron chi connectivity index (χ0n) is 17.2. The first-order valence-electron chi connectivity index (χ1n) is 9.99. The van der Waals surface area contributed by atoms with Crippen LogP contribution in [0.25, 0.3) is 0 Å². The summed E-state index contributed by atoms with van der Waals surface area (Å²) >= 11 is 0. The summed E-state index contributed by atoms with van der Waals surface area (Å²) in [6.07, 6.45) is 0.823. The largest absolute Gasteiger partial charge is 0.322 e. The van der Waals surface area contributed by atoms with Gasteiger partial charge in [0.15, 0.2) is 5.78 Å². The van der Waals surface area contributed by atoms with Crippen LogP contribution in [0.1, 0.15) is 44.3 Å². The van der Waals surface area contributed by atoms with Crippen molar-refractivity contribution < 1.29 is 14.0 Å². The monoisotopic (exact) mass is 438 g/mol. The van der Waals surface area contributed by atoms with E-state index in [-0.39, 0.29) is 29.9 Å². The summed E-state index contributed by atoms with van der Waals surface area (Å²) in [5, 5.41) is 2.87. The number of hydrogen-bond acceptors (Lipinski definition) is 3. The molecule has 160 valence electrons. The number of carbonyl (C=O) groups is 2. The molecule has 0 saturated carbocycles. The van der Waals surface area contributed by atoms with E-state index in [0.29, 0.717) is 16.8 Å². The Morgan fingerprint density at radius 2 is 1.74 bits per heavy atom. The van der Waals surface area contributed by atoms with Gasteiger partial charge in [0.2, 0.25) is 0 Å². The fraction of sp³-hybridized carbons (Fsp3) is 0.200. The van der Waals surface area contributed by atoms with Crippen molar-refractivity contribution in [1.29, 1.82) is 0 Å². The molecule has 4 rings (SSSR count). The predicted octanol–water partition coefficient (Wildman–Crippen LogP) is 5.26.